The molecule has 1 N–H and O–H groups in total. The van der Waals surface area contributed by atoms with E-state index in [1.165, 1.54) is 0 Å². The minimum atomic E-state index is -0.159. The SMILES string of the molecule is CC(C)Cn1c(=O)[nH]c2ncc(-c3cccc(N(C)C)c3)nc21. The first kappa shape index (κ1) is 15.3. The zero-order valence-corrected chi connectivity index (χ0v) is 13.9. The highest BCUT2D eigenvalue weighted by molar-refractivity contribution is 5.72. The molecule has 0 fully saturated rings. The highest BCUT2D eigenvalue weighted by Crippen LogP contribution is 2.23. The molecule has 0 aliphatic carbocycles. The average Bonchev–Trinajstić information content (AvgIpc) is 2.82. The molecule has 120 valence electrons. The molecule has 0 saturated heterocycles. The van der Waals surface area contributed by atoms with Crippen LogP contribution in [0.15, 0.2) is 35.3 Å². The monoisotopic (exact) mass is 311 g/mol. The van der Waals surface area contributed by atoms with Crippen molar-refractivity contribution in [3.63, 3.8) is 0 Å². The number of aromatic amines is 1. The number of nitrogens with zero attached hydrogens (tertiary/aromatic N) is 4. The van der Waals surface area contributed by atoms with Crippen molar-refractivity contribution in [2.75, 3.05) is 19.0 Å². The summed E-state index contributed by atoms with van der Waals surface area (Å²) in [5.74, 6) is 0.356. The number of benzene rings is 1. The molecule has 23 heavy (non-hydrogen) atoms. The number of aromatic nitrogens is 4. The van der Waals surface area contributed by atoms with Crippen molar-refractivity contribution in [1.82, 2.24) is 19.5 Å². The van der Waals surface area contributed by atoms with E-state index < -0.39 is 0 Å². The van der Waals surface area contributed by atoms with E-state index in [0.717, 1.165) is 16.9 Å². The molecule has 0 bridgehead atoms. The zero-order chi connectivity index (χ0) is 16.6. The molecule has 0 aliphatic heterocycles. The Labute approximate surface area is 134 Å². The number of anilines is 1. The van der Waals surface area contributed by atoms with Crippen molar-refractivity contribution < 1.29 is 0 Å². The molecule has 3 rings (SSSR count). The molecule has 0 spiro atoms. The fourth-order valence-corrected chi connectivity index (χ4v) is 2.54. The van der Waals surface area contributed by atoms with Gasteiger partial charge < -0.3 is 4.90 Å². The normalized spacial score (nSPS) is 11.3. The van der Waals surface area contributed by atoms with E-state index in [2.05, 4.69) is 34.9 Å². The van der Waals surface area contributed by atoms with Gasteiger partial charge in [0.2, 0.25) is 0 Å². The van der Waals surface area contributed by atoms with Gasteiger partial charge in [0.15, 0.2) is 11.3 Å². The molecule has 0 aliphatic rings. The van der Waals surface area contributed by atoms with Gasteiger partial charge in [0.25, 0.3) is 0 Å². The van der Waals surface area contributed by atoms with Crippen LogP contribution in [0.2, 0.25) is 0 Å². The Balaban J connectivity index is 2.12. The number of hydrogen-bond acceptors (Lipinski definition) is 4. The van der Waals surface area contributed by atoms with Gasteiger partial charge in [0.1, 0.15) is 0 Å². The molecule has 2 heterocycles. The lowest BCUT2D eigenvalue weighted by molar-refractivity contribution is 0.520. The third-order valence-electron chi connectivity index (χ3n) is 3.69. The van der Waals surface area contributed by atoms with Crippen molar-refractivity contribution in [3.05, 3.63) is 40.9 Å². The Bertz CT molecular complexity index is 891. The van der Waals surface area contributed by atoms with Crippen LogP contribution in [-0.2, 0) is 6.54 Å². The molecular weight excluding hydrogens is 290 g/mol. The van der Waals surface area contributed by atoms with Crippen LogP contribution in [0.4, 0.5) is 5.69 Å². The van der Waals surface area contributed by atoms with Gasteiger partial charge in [-0.25, -0.2) is 14.8 Å². The largest absolute Gasteiger partial charge is 0.378 e. The molecule has 0 atom stereocenters. The van der Waals surface area contributed by atoms with Crippen molar-refractivity contribution in [3.8, 4) is 11.3 Å². The number of H-pyrrole nitrogens is 1. The van der Waals surface area contributed by atoms with Crippen LogP contribution in [-0.4, -0.2) is 33.6 Å². The Kier molecular flexibility index (Phi) is 3.90. The van der Waals surface area contributed by atoms with E-state index in [1.54, 1.807) is 10.8 Å². The summed E-state index contributed by atoms with van der Waals surface area (Å²) in [5.41, 5.74) is 3.82. The van der Waals surface area contributed by atoms with Gasteiger partial charge in [-0.2, -0.15) is 0 Å². The first-order valence-electron chi connectivity index (χ1n) is 7.69. The fourth-order valence-electron chi connectivity index (χ4n) is 2.54. The topological polar surface area (TPSA) is 66.8 Å². The summed E-state index contributed by atoms with van der Waals surface area (Å²) in [4.78, 5) is 25.9. The lowest BCUT2D eigenvalue weighted by atomic mass is 10.1. The van der Waals surface area contributed by atoms with E-state index in [1.807, 2.05) is 37.2 Å². The molecule has 0 saturated carbocycles. The van der Waals surface area contributed by atoms with Gasteiger partial charge in [0.05, 0.1) is 11.9 Å². The molecule has 0 amide bonds. The standard InChI is InChI=1S/C17H21N5O/c1-11(2)10-22-16-15(20-17(22)23)18-9-14(19-16)12-6-5-7-13(8-12)21(3)4/h5-9,11H,10H2,1-4H3,(H,18,20,23). The summed E-state index contributed by atoms with van der Waals surface area (Å²) in [5, 5.41) is 0. The van der Waals surface area contributed by atoms with Crippen LogP contribution in [0.25, 0.3) is 22.6 Å². The van der Waals surface area contributed by atoms with Gasteiger partial charge in [-0.3, -0.25) is 9.55 Å². The Morgan fingerprint density at radius 3 is 2.78 bits per heavy atom. The molecule has 6 nitrogen and oxygen atoms in total. The van der Waals surface area contributed by atoms with E-state index in [4.69, 9.17) is 0 Å². The molecule has 1 aromatic carbocycles. The fraction of sp³-hybridized carbons (Fsp3) is 0.353. The number of imidazole rings is 1. The minimum Gasteiger partial charge on any atom is -0.378 e. The number of rotatable bonds is 4. The highest BCUT2D eigenvalue weighted by atomic mass is 16.1. The van der Waals surface area contributed by atoms with Gasteiger partial charge in [-0.05, 0) is 18.1 Å². The van der Waals surface area contributed by atoms with Crippen molar-refractivity contribution >= 4 is 17.0 Å². The maximum absolute atomic E-state index is 12.1. The maximum atomic E-state index is 12.1. The second-order valence-electron chi connectivity index (χ2n) is 6.31. The molecule has 2 aromatic heterocycles. The summed E-state index contributed by atoms with van der Waals surface area (Å²) in [6.45, 7) is 4.76. The van der Waals surface area contributed by atoms with Gasteiger partial charge in [0, 0.05) is 31.9 Å². The first-order valence-corrected chi connectivity index (χ1v) is 7.69. The van der Waals surface area contributed by atoms with Crippen LogP contribution < -0.4 is 10.6 Å². The average molecular weight is 311 g/mol. The van der Waals surface area contributed by atoms with Gasteiger partial charge in [-0.1, -0.05) is 26.0 Å². The first-order chi connectivity index (χ1) is 11.0. The van der Waals surface area contributed by atoms with E-state index in [0.29, 0.717) is 23.8 Å². The molecule has 6 heteroatoms. The Morgan fingerprint density at radius 2 is 2.09 bits per heavy atom. The highest BCUT2D eigenvalue weighted by Gasteiger charge is 2.12. The Hall–Kier alpha value is -2.63. The minimum absolute atomic E-state index is 0.159. The van der Waals surface area contributed by atoms with E-state index in [-0.39, 0.29) is 5.69 Å². The number of fused-ring (bicyclic) bond motifs is 1. The lowest BCUT2D eigenvalue weighted by Gasteiger charge is -2.13. The second-order valence-corrected chi connectivity index (χ2v) is 6.31. The molecule has 3 aromatic rings. The summed E-state index contributed by atoms with van der Waals surface area (Å²) in [6.07, 6.45) is 1.70. The lowest BCUT2D eigenvalue weighted by Crippen LogP contribution is -2.19. The molecule has 0 radical (unpaired) electrons. The number of hydrogen-bond donors (Lipinski definition) is 1. The third kappa shape index (κ3) is 2.97. The van der Waals surface area contributed by atoms with Crippen molar-refractivity contribution in [1.29, 1.82) is 0 Å². The summed E-state index contributed by atoms with van der Waals surface area (Å²) < 4.78 is 1.66. The quantitative estimate of drug-likeness (QED) is 0.804. The molecule has 0 unspecified atom stereocenters. The van der Waals surface area contributed by atoms with E-state index in [9.17, 15) is 4.79 Å². The van der Waals surface area contributed by atoms with Crippen LogP contribution in [0.3, 0.4) is 0 Å². The Morgan fingerprint density at radius 1 is 1.30 bits per heavy atom. The van der Waals surface area contributed by atoms with Crippen molar-refractivity contribution in [2.45, 2.75) is 20.4 Å². The molecular formula is C17H21N5O. The van der Waals surface area contributed by atoms with Crippen LogP contribution in [0.5, 0.6) is 0 Å². The van der Waals surface area contributed by atoms with Crippen molar-refractivity contribution in [2.24, 2.45) is 5.92 Å². The predicted molar refractivity (Wildman–Crippen MR) is 92.7 cm³/mol. The van der Waals surface area contributed by atoms with Crippen LogP contribution >= 0.6 is 0 Å². The number of nitrogens with one attached hydrogen (secondary N) is 1. The predicted octanol–water partition coefficient (Wildman–Crippen LogP) is 2.51. The zero-order valence-electron chi connectivity index (χ0n) is 13.9. The summed E-state index contributed by atoms with van der Waals surface area (Å²) in [7, 11) is 4.00. The van der Waals surface area contributed by atoms with Gasteiger partial charge >= 0.3 is 5.69 Å². The smallest absolute Gasteiger partial charge is 0.328 e. The maximum Gasteiger partial charge on any atom is 0.328 e. The third-order valence-corrected chi connectivity index (χ3v) is 3.69. The van der Waals surface area contributed by atoms with Crippen LogP contribution in [0.1, 0.15) is 13.8 Å². The van der Waals surface area contributed by atoms with Crippen LogP contribution in [0, 0.1) is 5.92 Å². The summed E-state index contributed by atoms with van der Waals surface area (Å²) in [6, 6.07) is 8.10. The summed E-state index contributed by atoms with van der Waals surface area (Å²) >= 11 is 0. The second kappa shape index (κ2) is 5.87. The van der Waals surface area contributed by atoms with E-state index >= 15 is 0 Å². The van der Waals surface area contributed by atoms with Gasteiger partial charge in [-0.15, -0.1) is 0 Å².